The molecule has 1 heterocycles. The van der Waals surface area contributed by atoms with Crippen molar-refractivity contribution >= 4 is 10.9 Å². The average Bonchev–Trinajstić information content (AvgIpc) is 2.53. The smallest absolute Gasteiger partial charge is 0.0718 e. The van der Waals surface area contributed by atoms with Gasteiger partial charge < -0.3 is 0 Å². The Morgan fingerprint density at radius 3 is 2.55 bits per heavy atom. The number of pyridine rings is 1. The first-order valence-electron chi connectivity index (χ1n) is 6.78. The maximum atomic E-state index is 5.60. The van der Waals surface area contributed by atoms with Gasteiger partial charge in [0.05, 0.1) is 5.52 Å². The molecule has 0 radical (unpaired) electrons. The van der Waals surface area contributed by atoms with Gasteiger partial charge in [-0.25, -0.2) is 0 Å². The first kappa shape index (κ1) is 12.4. The van der Waals surface area contributed by atoms with E-state index in [9.17, 15) is 0 Å². The zero-order valence-corrected chi connectivity index (χ0v) is 11.4. The number of aryl methyl sites for hydroxylation is 1. The van der Waals surface area contributed by atoms with Gasteiger partial charge in [0.15, 0.2) is 0 Å². The Bertz CT molecular complexity index is 795. The summed E-state index contributed by atoms with van der Waals surface area (Å²) in [5.74, 6) is 2.75. The molecule has 0 fully saturated rings. The Labute approximate surface area is 119 Å². The molecule has 3 rings (SSSR count). The maximum absolute atomic E-state index is 5.60. The van der Waals surface area contributed by atoms with Crippen molar-refractivity contribution in [1.29, 1.82) is 0 Å². The zero-order chi connectivity index (χ0) is 13.9. The van der Waals surface area contributed by atoms with Crippen LogP contribution in [0.1, 0.15) is 18.2 Å². The van der Waals surface area contributed by atoms with Gasteiger partial charge in [-0.15, -0.1) is 6.42 Å². The van der Waals surface area contributed by atoms with Crippen LogP contribution in [0.5, 0.6) is 0 Å². The molecule has 96 valence electrons. The van der Waals surface area contributed by atoms with Gasteiger partial charge in [-0.05, 0) is 30.2 Å². The minimum Gasteiger partial charge on any atom is -0.252 e. The van der Waals surface area contributed by atoms with Crippen LogP contribution in [0.15, 0.2) is 54.6 Å². The summed E-state index contributed by atoms with van der Waals surface area (Å²) in [6, 6.07) is 18.5. The number of terminal acetylenes is 1. The van der Waals surface area contributed by atoms with Gasteiger partial charge in [-0.3, -0.25) is 4.98 Å². The second-order valence-electron chi connectivity index (χ2n) is 4.72. The number of rotatable bonds is 2. The predicted octanol–water partition coefficient (Wildman–Crippen LogP) is 4.45. The van der Waals surface area contributed by atoms with Crippen molar-refractivity contribution in [3.63, 3.8) is 0 Å². The van der Waals surface area contributed by atoms with Crippen LogP contribution in [0.4, 0.5) is 0 Å². The van der Waals surface area contributed by atoms with E-state index in [4.69, 9.17) is 11.4 Å². The second-order valence-corrected chi connectivity index (χ2v) is 4.72. The van der Waals surface area contributed by atoms with E-state index in [1.165, 1.54) is 11.1 Å². The largest absolute Gasteiger partial charge is 0.252 e. The van der Waals surface area contributed by atoms with E-state index in [0.29, 0.717) is 0 Å². The summed E-state index contributed by atoms with van der Waals surface area (Å²) in [6.45, 7) is 2.13. The number of nitrogens with zero attached hydrogens (tertiary/aromatic N) is 1. The highest BCUT2D eigenvalue weighted by Crippen LogP contribution is 2.28. The number of hydrogen-bond acceptors (Lipinski definition) is 1. The van der Waals surface area contributed by atoms with Crippen LogP contribution in [0.2, 0.25) is 0 Å². The van der Waals surface area contributed by atoms with Crippen LogP contribution < -0.4 is 0 Å². The molecule has 0 amide bonds. The SMILES string of the molecule is C#Cc1cccc2nc(CC)c(-c3ccccc3)cc12. The minimum absolute atomic E-state index is 0.898. The number of aromatic nitrogens is 1. The van der Waals surface area contributed by atoms with Crippen LogP contribution in [0.3, 0.4) is 0 Å². The quantitative estimate of drug-likeness (QED) is 0.618. The molecule has 0 unspecified atom stereocenters. The van der Waals surface area contributed by atoms with E-state index in [1.807, 2.05) is 36.4 Å². The topological polar surface area (TPSA) is 12.9 Å². The third-order valence-electron chi connectivity index (χ3n) is 3.51. The summed E-state index contributed by atoms with van der Waals surface area (Å²) in [4.78, 5) is 4.78. The van der Waals surface area contributed by atoms with Gasteiger partial charge in [0.25, 0.3) is 0 Å². The predicted molar refractivity (Wildman–Crippen MR) is 84.5 cm³/mol. The highest BCUT2D eigenvalue weighted by atomic mass is 14.7. The summed E-state index contributed by atoms with van der Waals surface area (Å²) in [5.41, 5.74) is 5.33. The third-order valence-corrected chi connectivity index (χ3v) is 3.51. The molecule has 0 atom stereocenters. The third kappa shape index (κ3) is 2.06. The van der Waals surface area contributed by atoms with E-state index in [-0.39, 0.29) is 0 Å². The van der Waals surface area contributed by atoms with Crippen LogP contribution >= 0.6 is 0 Å². The highest BCUT2D eigenvalue weighted by molar-refractivity contribution is 5.89. The van der Waals surface area contributed by atoms with Gasteiger partial charge >= 0.3 is 0 Å². The van der Waals surface area contributed by atoms with E-state index >= 15 is 0 Å². The Kier molecular flexibility index (Phi) is 3.23. The summed E-state index contributed by atoms with van der Waals surface area (Å²) in [6.07, 6.45) is 6.50. The molecule has 2 aromatic carbocycles. The first-order valence-corrected chi connectivity index (χ1v) is 6.78. The fraction of sp³-hybridized carbons (Fsp3) is 0.105. The summed E-state index contributed by atoms with van der Waals surface area (Å²) >= 11 is 0. The molecule has 0 saturated carbocycles. The molecule has 0 aliphatic heterocycles. The lowest BCUT2D eigenvalue weighted by Crippen LogP contribution is -1.95. The number of hydrogen-bond donors (Lipinski definition) is 0. The summed E-state index contributed by atoms with van der Waals surface area (Å²) in [5, 5.41) is 1.05. The van der Waals surface area contributed by atoms with Gasteiger partial charge in [-0.1, -0.05) is 49.2 Å². The van der Waals surface area contributed by atoms with Crippen molar-refractivity contribution in [3.8, 4) is 23.5 Å². The Morgan fingerprint density at radius 1 is 1.05 bits per heavy atom. The maximum Gasteiger partial charge on any atom is 0.0718 e. The van der Waals surface area contributed by atoms with Crippen molar-refractivity contribution in [1.82, 2.24) is 4.98 Å². The van der Waals surface area contributed by atoms with Crippen molar-refractivity contribution in [2.45, 2.75) is 13.3 Å². The summed E-state index contributed by atoms with van der Waals surface area (Å²) < 4.78 is 0. The fourth-order valence-corrected chi connectivity index (χ4v) is 2.50. The zero-order valence-electron chi connectivity index (χ0n) is 11.4. The monoisotopic (exact) mass is 257 g/mol. The number of benzene rings is 2. The van der Waals surface area contributed by atoms with E-state index < -0.39 is 0 Å². The van der Waals surface area contributed by atoms with E-state index in [0.717, 1.165) is 28.6 Å². The lowest BCUT2D eigenvalue weighted by Gasteiger charge is -2.10. The molecular formula is C19H15N. The normalized spacial score (nSPS) is 10.4. The molecule has 1 heteroatoms. The molecule has 0 bridgehead atoms. The molecule has 20 heavy (non-hydrogen) atoms. The van der Waals surface area contributed by atoms with Crippen molar-refractivity contribution in [2.24, 2.45) is 0 Å². The molecule has 0 spiro atoms. The van der Waals surface area contributed by atoms with Gasteiger partial charge in [0.2, 0.25) is 0 Å². The lowest BCUT2D eigenvalue weighted by atomic mass is 9.98. The van der Waals surface area contributed by atoms with Gasteiger partial charge in [0.1, 0.15) is 0 Å². The van der Waals surface area contributed by atoms with E-state index in [2.05, 4.69) is 31.0 Å². The molecule has 0 N–H and O–H groups in total. The van der Waals surface area contributed by atoms with Crippen LogP contribution in [0, 0.1) is 12.3 Å². The molecule has 0 aliphatic rings. The minimum atomic E-state index is 0.898. The Hall–Kier alpha value is -2.59. The van der Waals surface area contributed by atoms with E-state index in [1.54, 1.807) is 0 Å². The molecular weight excluding hydrogens is 242 g/mol. The van der Waals surface area contributed by atoms with Crippen LogP contribution in [-0.4, -0.2) is 4.98 Å². The molecule has 0 aliphatic carbocycles. The lowest BCUT2D eigenvalue weighted by molar-refractivity contribution is 1.06. The first-order chi connectivity index (χ1) is 9.83. The van der Waals surface area contributed by atoms with Crippen LogP contribution in [0.25, 0.3) is 22.0 Å². The second kappa shape index (κ2) is 5.19. The van der Waals surface area contributed by atoms with Crippen molar-refractivity contribution in [3.05, 3.63) is 65.9 Å². The van der Waals surface area contributed by atoms with Gasteiger partial charge in [-0.2, -0.15) is 0 Å². The average molecular weight is 257 g/mol. The molecule has 1 nitrogen and oxygen atoms in total. The summed E-state index contributed by atoms with van der Waals surface area (Å²) in [7, 11) is 0. The Morgan fingerprint density at radius 2 is 1.85 bits per heavy atom. The number of fused-ring (bicyclic) bond motifs is 1. The Balaban J connectivity index is 2.34. The van der Waals surface area contributed by atoms with Crippen molar-refractivity contribution < 1.29 is 0 Å². The molecule has 1 aromatic heterocycles. The highest BCUT2D eigenvalue weighted by Gasteiger charge is 2.09. The fourth-order valence-electron chi connectivity index (χ4n) is 2.50. The standard InChI is InChI=1S/C19H15N/c1-3-14-11-8-12-19-16(14)13-17(18(4-2)20-19)15-9-6-5-7-10-15/h1,5-13H,4H2,2H3. The van der Waals surface area contributed by atoms with Crippen LogP contribution in [-0.2, 0) is 6.42 Å². The molecule has 0 saturated heterocycles. The van der Waals surface area contributed by atoms with Crippen molar-refractivity contribution in [2.75, 3.05) is 0 Å². The van der Waals surface area contributed by atoms with Gasteiger partial charge in [0, 0.05) is 22.2 Å². The molecule has 3 aromatic rings.